The van der Waals surface area contributed by atoms with Crippen LogP contribution < -0.4 is 5.73 Å². The van der Waals surface area contributed by atoms with Crippen LogP contribution in [-0.2, 0) is 11.2 Å². The van der Waals surface area contributed by atoms with Gasteiger partial charge in [0, 0.05) is 22.9 Å². The van der Waals surface area contributed by atoms with Crippen LogP contribution in [0, 0.1) is 11.7 Å². The lowest BCUT2D eigenvalue weighted by molar-refractivity contribution is -0.122. The minimum Gasteiger partial charge on any atom is -0.323 e. The number of hydrogen-bond acceptors (Lipinski definition) is 2. The van der Waals surface area contributed by atoms with Gasteiger partial charge in [0.05, 0.1) is 0 Å². The van der Waals surface area contributed by atoms with Gasteiger partial charge >= 0.3 is 0 Å². The van der Waals surface area contributed by atoms with Crippen LogP contribution in [0.1, 0.15) is 24.1 Å². The van der Waals surface area contributed by atoms with E-state index in [4.69, 9.17) is 5.73 Å². The topological polar surface area (TPSA) is 43.1 Å². The molecule has 0 aromatic heterocycles. The van der Waals surface area contributed by atoms with E-state index in [2.05, 4.69) is 15.9 Å². The van der Waals surface area contributed by atoms with Crippen molar-refractivity contribution in [3.8, 4) is 0 Å². The molecular formula is C17H17BrFNO. The molecule has 110 valence electrons. The molecule has 2 nitrogen and oxygen atoms in total. The first-order valence-corrected chi connectivity index (χ1v) is 7.55. The van der Waals surface area contributed by atoms with E-state index in [1.165, 1.54) is 12.1 Å². The molecule has 0 bridgehead atoms. The molecular weight excluding hydrogens is 333 g/mol. The molecule has 2 rings (SSSR count). The van der Waals surface area contributed by atoms with Gasteiger partial charge in [-0.05, 0) is 29.3 Å². The van der Waals surface area contributed by atoms with E-state index in [0.717, 1.165) is 10.0 Å². The highest BCUT2D eigenvalue weighted by Crippen LogP contribution is 2.24. The number of Topliss-reactive ketones (excluding diaryl/α,β-unsaturated/α-hetero) is 1. The van der Waals surface area contributed by atoms with Gasteiger partial charge in [-0.25, -0.2) is 4.39 Å². The van der Waals surface area contributed by atoms with E-state index in [1.54, 1.807) is 6.07 Å². The zero-order valence-corrected chi connectivity index (χ0v) is 13.3. The van der Waals surface area contributed by atoms with Crippen molar-refractivity contribution < 1.29 is 9.18 Å². The first kappa shape index (κ1) is 15.9. The molecule has 0 aliphatic heterocycles. The molecule has 0 amide bonds. The Labute approximate surface area is 132 Å². The molecule has 0 heterocycles. The van der Waals surface area contributed by atoms with E-state index in [1.807, 2.05) is 37.3 Å². The van der Waals surface area contributed by atoms with Gasteiger partial charge in [-0.3, -0.25) is 4.79 Å². The van der Waals surface area contributed by atoms with Crippen LogP contribution >= 0.6 is 15.9 Å². The van der Waals surface area contributed by atoms with Crippen molar-refractivity contribution in [2.45, 2.75) is 19.4 Å². The Kier molecular flexibility index (Phi) is 5.26. The van der Waals surface area contributed by atoms with Crippen LogP contribution in [-0.4, -0.2) is 5.78 Å². The summed E-state index contributed by atoms with van der Waals surface area (Å²) in [6, 6.07) is 13.5. The second-order valence-electron chi connectivity index (χ2n) is 5.10. The van der Waals surface area contributed by atoms with E-state index in [0.29, 0.717) is 5.56 Å². The monoisotopic (exact) mass is 349 g/mol. The summed E-state index contributed by atoms with van der Waals surface area (Å²) in [5, 5.41) is 0. The highest BCUT2D eigenvalue weighted by molar-refractivity contribution is 9.10. The first-order valence-electron chi connectivity index (χ1n) is 6.76. The van der Waals surface area contributed by atoms with Crippen LogP contribution in [0.5, 0.6) is 0 Å². The highest BCUT2D eigenvalue weighted by atomic mass is 79.9. The second-order valence-corrected chi connectivity index (χ2v) is 5.96. The minimum atomic E-state index is -0.356. The lowest BCUT2D eigenvalue weighted by atomic mass is 9.89. The second kappa shape index (κ2) is 6.96. The third-order valence-electron chi connectivity index (χ3n) is 3.60. The third kappa shape index (κ3) is 3.99. The summed E-state index contributed by atoms with van der Waals surface area (Å²) in [5.74, 6) is -0.679. The van der Waals surface area contributed by atoms with Crippen molar-refractivity contribution in [2.24, 2.45) is 11.7 Å². The normalized spacial score (nSPS) is 13.7. The Morgan fingerprint density at radius 3 is 2.57 bits per heavy atom. The maximum absolute atomic E-state index is 13.3. The Morgan fingerprint density at radius 1 is 1.24 bits per heavy atom. The summed E-state index contributed by atoms with van der Waals surface area (Å²) in [6.07, 6.45) is 0.167. The average Bonchev–Trinajstić information content (AvgIpc) is 2.50. The average molecular weight is 350 g/mol. The number of benzene rings is 2. The molecule has 2 N–H and O–H groups in total. The van der Waals surface area contributed by atoms with Gasteiger partial charge in [0.2, 0.25) is 0 Å². The quantitative estimate of drug-likeness (QED) is 0.885. The summed E-state index contributed by atoms with van der Waals surface area (Å²) in [6.45, 7) is 1.81. The molecule has 4 heteroatoms. The minimum absolute atomic E-state index is 0.00217. The molecule has 0 saturated heterocycles. The van der Waals surface area contributed by atoms with Gasteiger partial charge in [0.1, 0.15) is 11.6 Å². The maximum Gasteiger partial charge on any atom is 0.141 e. The molecule has 2 aromatic rings. The van der Waals surface area contributed by atoms with Gasteiger partial charge in [-0.2, -0.15) is 0 Å². The van der Waals surface area contributed by atoms with Crippen molar-refractivity contribution >= 4 is 21.7 Å². The number of halogens is 2. The standard InChI is InChI=1S/C17H17BrFNO/c1-11(17(20)12-5-3-2-4-6-12)16(21)10-13-9-14(19)7-8-15(13)18/h2-9,11,17H,10,20H2,1H3. The van der Waals surface area contributed by atoms with Crippen molar-refractivity contribution in [1.82, 2.24) is 0 Å². The molecule has 21 heavy (non-hydrogen) atoms. The predicted octanol–water partition coefficient (Wildman–Crippen LogP) is 4.04. The van der Waals surface area contributed by atoms with Crippen LogP contribution in [0.2, 0.25) is 0 Å². The molecule has 0 aliphatic carbocycles. The number of carbonyl (C=O) groups excluding carboxylic acids is 1. The number of carbonyl (C=O) groups is 1. The lowest BCUT2D eigenvalue weighted by Gasteiger charge is -2.19. The largest absolute Gasteiger partial charge is 0.323 e. The van der Waals surface area contributed by atoms with Gasteiger partial charge < -0.3 is 5.73 Å². The van der Waals surface area contributed by atoms with Crippen LogP contribution in [0.4, 0.5) is 4.39 Å². The fraction of sp³-hybridized carbons (Fsp3) is 0.235. The Balaban J connectivity index is 2.11. The zero-order chi connectivity index (χ0) is 15.4. The molecule has 0 aliphatic rings. The predicted molar refractivity (Wildman–Crippen MR) is 85.3 cm³/mol. The molecule has 0 saturated carbocycles. The van der Waals surface area contributed by atoms with Crippen molar-refractivity contribution in [3.63, 3.8) is 0 Å². The Hall–Kier alpha value is -1.52. The summed E-state index contributed by atoms with van der Waals surface area (Å²) < 4.78 is 14.0. The van der Waals surface area contributed by atoms with E-state index >= 15 is 0 Å². The fourth-order valence-corrected chi connectivity index (χ4v) is 2.58. The third-order valence-corrected chi connectivity index (χ3v) is 4.38. The SMILES string of the molecule is CC(C(=O)Cc1cc(F)ccc1Br)C(N)c1ccccc1. The zero-order valence-electron chi connectivity index (χ0n) is 11.7. The molecule has 2 aromatic carbocycles. The Morgan fingerprint density at radius 2 is 1.90 bits per heavy atom. The molecule has 2 unspecified atom stereocenters. The van der Waals surface area contributed by atoms with Gasteiger partial charge in [0.15, 0.2) is 0 Å². The molecule has 2 atom stereocenters. The van der Waals surface area contributed by atoms with Gasteiger partial charge in [0.25, 0.3) is 0 Å². The van der Waals surface area contributed by atoms with E-state index in [-0.39, 0.29) is 30.0 Å². The molecule has 0 spiro atoms. The highest BCUT2D eigenvalue weighted by Gasteiger charge is 2.22. The summed E-state index contributed by atoms with van der Waals surface area (Å²) in [5.41, 5.74) is 7.73. The number of rotatable bonds is 5. The fourth-order valence-electron chi connectivity index (χ4n) is 2.19. The number of hydrogen-bond donors (Lipinski definition) is 1. The summed E-state index contributed by atoms with van der Waals surface area (Å²) in [7, 11) is 0. The van der Waals surface area contributed by atoms with Crippen LogP contribution in [0.15, 0.2) is 53.0 Å². The van der Waals surface area contributed by atoms with Crippen molar-refractivity contribution in [3.05, 3.63) is 69.9 Å². The molecule has 0 fully saturated rings. The lowest BCUT2D eigenvalue weighted by Crippen LogP contribution is -2.27. The van der Waals surface area contributed by atoms with Crippen LogP contribution in [0.3, 0.4) is 0 Å². The van der Waals surface area contributed by atoms with Crippen molar-refractivity contribution in [1.29, 1.82) is 0 Å². The summed E-state index contributed by atoms with van der Waals surface area (Å²) in [4.78, 5) is 12.4. The number of ketones is 1. The van der Waals surface area contributed by atoms with Gasteiger partial charge in [-0.15, -0.1) is 0 Å². The van der Waals surface area contributed by atoms with Gasteiger partial charge in [-0.1, -0.05) is 53.2 Å². The first-order chi connectivity index (χ1) is 9.99. The van der Waals surface area contributed by atoms with E-state index < -0.39 is 0 Å². The Bertz CT molecular complexity index is 630. The van der Waals surface area contributed by atoms with Crippen LogP contribution in [0.25, 0.3) is 0 Å². The maximum atomic E-state index is 13.3. The van der Waals surface area contributed by atoms with E-state index in [9.17, 15) is 9.18 Å². The van der Waals surface area contributed by atoms with Crippen molar-refractivity contribution in [2.75, 3.05) is 0 Å². The smallest absolute Gasteiger partial charge is 0.141 e. The summed E-state index contributed by atoms with van der Waals surface area (Å²) >= 11 is 3.34. The number of nitrogens with two attached hydrogens (primary N) is 1. The molecule has 0 radical (unpaired) electrons.